The average molecular weight is 364 g/mol. The summed E-state index contributed by atoms with van der Waals surface area (Å²) in [7, 11) is 0. The topological polar surface area (TPSA) is 58.2 Å². The number of benzene rings is 2. The fourth-order valence-electron chi connectivity index (χ4n) is 2.16. The molecule has 0 heterocycles. The Hall–Kier alpha value is -2.83. The van der Waals surface area contributed by atoms with Crippen molar-refractivity contribution in [3.63, 3.8) is 0 Å². The van der Waals surface area contributed by atoms with Gasteiger partial charge in [0.1, 0.15) is 11.2 Å². The summed E-state index contributed by atoms with van der Waals surface area (Å²) in [5.74, 6) is -3.62. The number of hydrogen-bond donors (Lipinski definition) is 2. The van der Waals surface area contributed by atoms with Crippen molar-refractivity contribution in [2.75, 3.05) is 11.9 Å². The highest BCUT2D eigenvalue weighted by molar-refractivity contribution is 6.09. The molecule has 0 aliphatic rings. The van der Waals surface area contributed by atoms with Gasteiger partial charge in [-0.25, -0.2) is 13.2 Å². The van der Waals surface area contributed by atoms with E-state index in [4.69, 9.17) is 0 Å². The van der Waals surface area contributed by atoms with Gasteiger partial charge in [-0.05, 0) is 50.1 Å². The van der Waals surface area contributed by atoms with E-state index in [-0.39, 0.29) is 18.0 Å². The molecule has 4 nitrogen and oxygen atoms in total. The molecule has 0 saturated heterocycles. The van der Waals surface area contributed by atoms with Crippen molar-refractivity contribution < 1.29 is 22.8 Å². The first-order chi connectivity index (χ1) is 12.2. The van der Waals surface area contributed by atoms with Gasteiger partial charge in [-0.2, -0.15) is 0 Å². The lowest BCUT2D eigenvalue weighted by atomic mass is 9.91. The standard InChI is InChI=1S/C19H19F3N2O2/c1-19(2,18(26)24-14-7-8-15(21)16(22)11-14)17(25)23-10-9-12-3-5-13(20)6-4-12/h3-8,11H,9-10H2,1-2H3,(H,23,25)(H,24,26). The van der Waals surface area contributed by atoms with Gasteiger partial charge >= 0.3 is 0 Å². The van der Waals surface area contributed by atoms with E-state index in [2.05, 4.69) is 10.6 Å². The molecule has 2 N–H and O–H groups in total. The zero-order valence-corrected chi connectivity index (χ0v) is 14.4. The van der Waals surface area contributed by atoms with Crippen LogP contribution in [0.5, 0.6) is 0 Å². The molecule has 0 aliphatic carbocycles. The third-order valence-electron chi connectivity index (χ3n) is 3.93. The molecule has 0 fully saturated rings. The number of amides is 2. The fraction of sp³-hybridized carbons (Fsp3) is 0.263. The molecular weight excluding hydrogens is 345 g/mol. The summed E-state index contributed by atoms with van der Waals surface area (Å²) >= 11 is 0. The van der Waals surface area contributed by atoms with Crippen molar-refractivity contribution in [2.24, 2.45) is 5.41 Å². The van der Waals surface area contributed by atoms with E-state index in [0.29, 0.717) is 6.42 Å². The summed E-state index contributed by atoms with van der Waals surface area (Å²) in [5.41, 5.74) is -0.523. The summed E-state index contributed by atoms with van der Waals surface area (Å²) in [5, 5.41) is 5.04. The Balaban J connectivity index is 1.91. The Kier molecular flexibility index (Phi) is 6.02. The highest BCUT2D eigenvalue weighted by Gasteiger charge is 2.35. The van der Waals surface area contributed by atoms with E-state index in [0.717, 1.165) is 17.7 Å². The van der Waals surface area contributed by atoms with Gasteiger partial charge in [0.15, 0.2) is 11.6 Å². The lowest BCUT2D eigenvalue weighted by molar-refractivity contribution is -0.138. The van der Waals surface area contributed by atoms with Crippen LogP contribution in [0.3, 0.4) is 0 Å². The maximum absolute atomic E-state index is 13.2. The van der Waals surface area contributed by atoms with Gasteiger partial charge in [-0.15, -0.1) is 0 Å². The van der Waals surface area contributed by atoms with Crippen molar-refractivity contribution in [3.05, 3.63) is 65.5 Å². The molecule has 2 amide bonds. The van der Waals surface area contributed by atoms with E-state index in [1.54, 1.807) is 12.1 Å². The number of nitrogens with one attached hydrogen (secondary N) is 2. The molecule has 0 aliphatic heterocycles. The maximum Gasteiger partial charge on any atom is 0.239 e. The van der Waals surface area contributed by atoms with Gasteiger partial charge in [0.2, 0.25) is 11.8 Å². The third kappa shape index (κ3) is 4.84. The molecule has 0 aromatic heterocycles. The summed E-state index contributed by atoms with van der Waals surface area (Å²) in [6.07, 6.45) is 0.479. The van der Waals surface area contributed by atoms with Crippen LogP contribution in [0.25, 0.3) is 0 Å². The van der Waals surface area contributed by atoms with Gasteiger partial charge < -0.3 is 10.6 Å². The van der Waals surface area contributed by atoms with E-state index >= 15 is 0 Å². The van der Waals surface area contributed by atoms with Gasteiger partial charge in [-0.1, -0.05) is 12.1 Å². The van der Waals surface area contributed by atoms with E-state index in [1.165, 1.54) is 32.0 Å². The Morgan fingerprint density at radius 1 is 0.923 bits per heavy atom. The van der Waals surface area contributed by atoms with Gasteiger partial charge in [0, 0.05) is 18.3 Å². The molecule has 0 atom stereocenters. The highest BCUT2D eigenvalue weighted by atomic mass is 19.2. The van der Waals surface area contributed by atoms with Crippen LogP contribution in [-0.4, -0.2) is 18.4 Å². The van der Waals surface area contributed by atoms with Crippen LogP contribution in [0.4, 0.5) is 18.9 Å². The summed E-state index contributed by atoms with van der Waals surface area (Å²) in [6.45, 7) is 3.12. The van der Waals surface area contributed by atoms with Crippen molar-refractivity contribution in [1.82, 2.24) is 5.32 Å². The average Bonchev–Trinajstić information content (AvgIpc) is 2.59. The normalized spacial score (nSPS) is 11.1. The second-order valence-corrected chi connectivity index (χ2v) is 6.34. The quantitative estimate of drug-likeness (QED) is 0.772. The first-order valence-electron chi connectivity index (χ1n) is 7.99. The molecule has 2 aromatic rings. The van der Waals surface area contributed by atoms with Crippen molar-refractivity contribution in [1.29, 1.82) is 0 Å². The highest BCUT2D eigenvalue weighted by Crippen LogP contribution is 2.20. The van der Waals surface area contributed by atoms with Crippen LogP contribution in [0.1, 0.15) is 19.4 Å². The summed E-state index contributed by atoms with van der Waals surface area (Å²) in [6, 6.07) is 8.83. The minimum Gasteiger partial charge on any atom is -0.355 e. The Morgan fingerprint density at radius 3 is 2.19 bits per heavy atom. The molecule has 2 aromatic carbocycles. The molecular formula is C19H19F3N2O2. The van der Waals surface area contributed by atoms with Gasteiger partial charge in [-0.3, -0.25) is 9.59 Å². The van der Waals surface area contributed by atoms with Crippen molar-refractivity contribution >= 4 is 17.5 Å². The Morgan fingerprint density at radius 2 is 1.58 bits per heavy atom. The lowest BCUT2D eigenvalue weighted by Gasteiger charge is -2.22. The van der Waals surface area contributed by atoms with Crippen molar-refractivity contribution in [2.45, 2.75) is 20.3 Å². The van der Waals surface area contributed by atoms with Crippen LogP contribution in [0, 0.1) is 22.9 Å². The molecule has 7 heteroatoms. The van der Waals surface area contributed by atoms with Gasteiger partial charge in [0.25, 0.3) is 0 Å². The number of halogens is 3. The SMILES string of the molecule is CC(C)(C(=O)NCCc1ccc(F)cc1)C(=O)Nc1ccc(F)c(F)c1. The van der Waals surface area contributed by atoms with Crippen LogP contribution in [-0.2, 0) is 16.0 Å². The zero-order valence-electron chi connectivity index (χ0n) is 14.4. The largest absolute Gasteiger partial charge is 0.355 e. The van der Waals surface area contributed by atoms with Gasteiger partial charge in [0.05, 0.1) is 0 Å². The smallest absolute Gasteiger partial charge is 0.239 e. The predicted molar refractivity (Wildman–Crippen MR) is 91.9 cm³/mol. The van der Waals surface area contributed by atoms with Crippen LogP contribution >= 0.6 is 0 Å². The summed E-state index contributed by atoms with van der Waals surface area (Å²) < 4.78 is 39.0. The minimum absolute atomic E-state index is 0.0566. The first-order valence-corrected chi connectivity index (χ1v) is 7.99. The zero-order chi connectivity index (χ0) is 19.3. The van der Waals surface area contributed by atoms with E-state index in [9.17, 15) is 22.8 Å². The number of carbonyl (C=O) groups excluding carboxylic acids is 2. The number of carbonyl (C=O) groups is 2. The van der Waals surface area contributed by atoms with Crippen LogP contribution in [0.2, 0.25) is 0 Å². The predicted octanol–water partition coefficient (Wildman–Crippen LogP) is 3.43. The molecule has 26 heavy (non-hydrogen) atoms. The third-order valence-corrected chi connectivity index (χ3v) is 3.93. The Bertz CT molecular complexity index is 805. The van der Waals surface area contributed by atoms with Crippen LogP contribution < -0.4 is 10.6 Å². The molecule has 0 spiro atoms. The molecule has 138 valence electrons. The summed E-state index contributed by atoms with van der Waals surface area (Å²) in [4.78, 5) is 24.6. The Labute approximate surface area is 149 Å². The first kappa shape index (κ1) is 19.5. The van der Waals surface area contributed by atoms with E-state index < -0.39 is 28.9 Å². The molecule has 0 unspecified atom stereocenters. The molecule has 0 saturated carbocycles. The second kappa shape index (κ2) is 8.03. The monoisotopic (exact) mass is 364 g/mol. The fourth-order valence-corrected chi connectivity index (χ4v) is 2.16. The van der Waals surface area contributed by atoms with Crippen LogP contribution in [0.15, 0.2) is 42.5 Å². The molecule has 0 bridgehead atoms. The molecule has 0 radical (unpaired) electrons. The van der Waals surface area contributed by atoms with E-state index in [1.807, 2.05) is 0 Å². The number of hydrogen-bond acceptors (Lipinski definition) is 2. The number of anilines is 1. The number of rotatable bonds is 6. The minimum atomic E-state index is -1.42. The lowest BCUT2D eigenvalue weighted by Crippen LogP contribution is -2.45. The maximum atomic E-state index is 13.2. The van der Waals surface area contributed by atoms with Crippen molar-refractivity contribution in [3.8, 4) is 0 Å². The molecule has 2 rings (SSSR count). The second-order valence-electron chi connectivity index (χ2n) is 6.34.